The Morgan fingerprint density at radius 3 is 1.85 bits per heavy atom. The van der Waals surface area contributed by atoms with Crippen LogP contribution in [0.3, 0.4) is 0 Å². The minimum atomic E-state index is 0.213. The first-order chi connectivity index (χ1) is 9.40. The van der Waals surface area contributed by atoms with E-state index in [2.05, 4.69) is 58.0 Å². The maximum atomic E-state index is 5.86. The molecule has 1 heteroatoms. The fourth-order valence-corrected chi connectivity index (χ4v) is 2.83. The van der Waals surface area contributed by atoms with Crippen LogP contribution < -0.4 is 5.73 Å². The lowest BCUT2D eigenvalue weighted by Crippen LogP contribution is -2.17. The molecule has 1 nitrogen and oxygen atoms in total. The normalized spacial score (nSPS) is 12.5. The lowest BCUT2D eigenvalue weighted by molar-refractivity contribution is 0.738. The van der Waals surface area contributed by atoms with Crippen LogP contribution in [0.2, 0.25) is 0 Å². The molecule has 0 amide bonds. The number of hydrogen-bond acceptors (Lipinski definition) is 1. The molecule has 0 aliphatic carbocycles. The molecular weight excluding hydrogens is 242 g/mol. The predicted molar refractivity (Wildman–Crippen MR) is 88.2 cm³/mol. The SMILES string of the molecule is Cc1cc(C)c(C)c(-c2ccc(CC(C)N)cc2)c1C. The average Bonchev–Trinajstić information content (AvgIpc) is 2.38. The van der Waals surface area contributed by atoms with Crippen molar-refractivity contribution >= 4 is 0 Å². The van der Waals surface area contributed by atoms with Gasteiger partial charge in [0.25, 0.3) is 0 Å². The molecule has 0 saturated carbocycles. The van der Waals surface area contributed by atoms with E-state index in [1.807, 2.05) is 6.92 Å². The Morgan fingerprint density at radius 1 is 0.900 bits per heavy atom. The summed E-state index contributed by atoms with van der Waals surface area (Å²) in [7, 11) is 0. The fourth-order valence-electron chi connectivity index (χ4n) is 2.83. The molecule has 0 fully saturated rings. The monoisotopic (exact) mass is 267 g/mol. The highest BCUT2D eigenvalue weighted by Gasteiger charge is 2.10. The van der Waals surface area contributed by atoms with Crippen LogP contribution in [0, 0.1) is 27.7 Å². The maximum absolute atomic E-state index is 5.86. The fraction of sp³-hybridized carbons (Fsp3) is 0.368. The Hall–Kier alpha value is -1.60. The first-order valence-corrected chi connectivity index (χ1v) is 7.32. The zero-order valence-electron chi connectivity index (χ0n) is 13.2. The van der Waals surface area contributed by atoms with E-state index in [0.29, 0.717) is 0 Å². The average molecular weight is 267 g/mol. The molecule has 0 bridgehead atoms. The molecule has 2 N–H and O–H groups in total. The van der Waals surface area contributed by atoms with Crippen molar-refractivity contribution in [3.8, 4) is 11.1 Å². The van der Waals surface area contributed by atoms with E-state index in [9.17, 15) is 0 Å². The molecule has 1 unspecified atom stereocenters. The van der Waals surface area contributed by atoms with Crippen molar-refractivity contribution in [1.82, 2.24) is 0 Å². The Kier molecular flexibility index (Phi) is 4.29. The van der Waals surface area contributed by atoms with Gasteiger partial charge in [0, 0.05) is 6.04 Å². The molecule has 0 radical (unpaired) electrons. The smallest absolute Gasteiger partial charge is 0.00509 e. The molecule has 1 atom stereocenters. The van der Waals surface area contributed by atoms with Crippen molar-refractivity contribution < 1.29 is 0 Å². The van der Waals surface area contributed by atoms with Crippen molar-refractivity contribution in [2.75, 3.05) is 0 Å². The molecule has 2 aromatic rings. The zero-order chi connectivity index (χ0) is 14.9. The summed E-state index contributed by atoms with van der Waals surface area (Å²) in [4.78, 5) is 0. The third-order valence-corrected chi connectivity index (χ3v) is 4.17. The van der Waals surface area contributed by atoms with Gasteiger partial charge in [-0.2, -0.15) is 0 Å². The second-order valence-corrected chi connectivity index (χ2v) is 6.01. The van der Waals surface area contributed by atoms with Crippen LogP contribution in [-0.4, -0.2) is 6.04 Å². The molecule has 2 rings (SSSR count). The highest BCUT2D eigenvalue weighted by atomic mass is 14.6. The third-order valence-electron chi connectivity index (χ3n) is 4.17. The summed E-state index contributed by atoms with van der Waals surface area (Å²) in [5.74, 6) is 0. The number of aryl methyl sites for hydroxylation is 2. The van der Waals surface area contributed by atoms with Gasteiger partial charge in [-0.15, -0.1) is 0 Å². The number of benzene rings is 2. The topological polar surface area (TPSA) is 26.0 Å². The molecule has 0 aromatic heterocycles. The van der Waals surface area contributed by atoms with E-state index < -0.39 is 0 Å². The van der Waals surface area contributed by atoms with Crippen LogP contribution in [0.4, 0.5) is 0 Å². The van der Waals surface area contributed by atoms with E-state index >= 15 is 0 Å². The largest absolute Gasteiger partial charge is 0.328 e. The van der Waals surface area contributed by atoms with Gasteiger partial charge < -0.3 is 5.73 Å². The molecule has 0 heterocycles. The van der Waals surface area contributed by atoms with Gasteiger partial charge in [-0.25, -0.2) is 0 Å². The van der Waals surface area contributed by atoms with E-state index in [1.54, 1.807) is 0 Å². The van der Waals surface area contributed by atoms with Crippen molar-refractivity contribution in [2.24, 2.45) is 5.73 Å². The van der Waals surface area contributed by atoms with Crippen LogP contribution in [0.1, 0.15) is 34.7 Å². The highest BCUT2D eigenvalue weighted by Crippen LogP contribution is 2.31. The summed E-state index contributed by atoms with van der Waals surface area (Å²) in [6.07, 6.45) is 0.936. The van der Waals surface area contributed by atoms with E-state index in [1.165, 1.54) is 38.9 Å². The van der Waals surface area contributed by atoms with Crippen LogP contribution in [0.15, 0.2) is 30.3 Å². The van der Waals surface area contributed by atoms with Gasteiger partial charge in [-0.3, -0.25) is 0 Å². The standard InChI is InChI=1S/C19H25N/c1-12-10-13(2)16(5)19(15(12)4)18-8-6-17(7-9-18)11-14(3)20/h6-10,14H,11,20H2,1-5H3. The van der Waals surface area contributed by atoms with Gasteiger partial charge >= 0.3 is 0 Å². The first-order valence-electron chi connectivity index (χ1n) is 7.32. The summed E-state index contributed by atoms with van der Waals surface area (Å²) in [6, 6.07) is 11.4. The Bertz CT molecular complexity index is 580. The lowest BCUT2D eigenvalue weighted by atomic mass is 9.89. The van der Waals surface area contributed by atoms with Crippen molar-refractivity contribution in [3.05, 3.63) is 58.1 Å². The summed E-state index contributed by atoms with van der Waals surface area (Å²) in [5.41, 5.74) is 15.4. The van der Waals surface area contributed by atoms with Gasteiger partial charge in [-0.1, -0.05) is 30.3 Å². The van der Waals surface area contributed by atoms with Gasteiger partial charge in [0.15, 0.2) is 0 Å². The zero-order valence-corrected chi connectivity index (χ0v) is 13.2. The van der Waals surface area contributed by atoms with Crippen LogP contribution in [-0.2, 0) is 6.42 Å². The lowest BCUT2D eigenvalue weighted by Gasteiger charge is -2.16. The number of nitrogens with two attached hydrogens (primary N) is 1. The Morgan fingerprint density at radius 2 is 1.40 bits per heavy atom. The summed E-state index contributed by atoms with van der Waals surface area (Å²) in [6.45, 7) is 10.9. The van der Waals surface area contributed by atoms with Gasteiger partial charge in [0.1, 0.15) is 0 Å². The minimum Gasteiger partial charge on any atom is -0.328 e. The van der Waals surface area contributed by atoms with Gasteiger partial charge in [0.2, 0.25) is 0 Å². The van der Waals surface area contributed by atoms with E-state index in [0.717, 1.165) is 6.42 Å². The van der Waals surface area contributed by atoms with Crippen LogP contribution >= 0.6 is 0 Å². The summed E-state index contributed by atoms with van der Waals surface area (Å²) < 4.78 is 0. The molecule has 0 saturated heterocycles. The van der Waals surface area contributed by atoms with Crippen LogP contribution in [0.5, 0.6) is 0 Å². The van der Waals surface area contributed by atoms with Gasteiger partial charge in [-0.05, 0) is 80.0 Å². The van der Waals surface area contributed by atoms with Gasteiger partial charge in [0.05, 0.1) is 0 Å². The predicted octanol–water partition coefficient (Wildman–Crippen LogP) is 4.48. The number of rotatable bonds is 3. The first kappa shape index (κ1) is 14.8. The second kappa shape index (κ2) is 5.80. The Labute approximate surface area is 122 Å². The van der Waals surface area contributed by atoms with Crippen molar-refractivity contribution in [2.45, 2.75) is 47.1 Å². The number of hydrogen-bond donors (Lipinski definition) is 1. The van der Waals surface area contributed by atoms with Crippen molar-refractivity contribution in [3.63, 3.8) is 0 Å². The van der Waals surface area contributed by atoms with Crippen molar-refractivity contribution in [1.29, 1.82) is 0 Å². The molecule has 0 aliphatic rings. The molecule has 0 aliphatic heterocycles. The summed E-state index contributed by atoms with van der Waals surface area (Å²) >= 11 is 0. The molecule has 20 heavy (non-hydrogen) atoms. The maximum Gasteiger partial charge on any atom is 0.00509 e. The quantitative estimate of drug-likeness (QED) is 0.872. The van der Waals surface area contributed by atoms with E-state index in [4.69, 9.17) is 5.73 Å². The molecule has 0 spiro atoms. The minimum absolute atomic E-state index is 0.213. The molecular formula is C19H25N. The molecule has 2 aromatic carbocycles. The van der Waals surface area contributed by atoms with Crippen LogP contribution in [0.25, 0.3) is 11.1 Å². The third kappa shape index (κ3) is 2.94. The summed E-state index contributed by atoms with van der Waals surface area (Å²) in [5, 5.41) is 0. The molecule has 106 valence electrons. The van der Waals surface area contributed by atoms with E-state index in [-0.39, 0.29) is 6.04 Å². The Balaban J connectivity index is 2.47. The second-order valence-electron chi connectivity index (χ2n) is 6.01. The highest BCUT2D eigenvalue weighted by molar-refractivity contribution is 5.73.